The Morgan fingerprint density at radius 1 is 1.08 bits per heavy atom. The normalized spacial score (nSPS) is 14.8. The summed E-state index contributed by atoms with van der Waals surface area (Å²) >= 11 is 0. The summed E-state index contributed by atoms with van der Waals surface area (Å²) in [6, 6.07) is 9.54. The molecule has 5 rings (SSSR count). The summed E-state index contributed by atoms with van der Waals surface area (Å²) in [7, 11) is 1.41. The number of hydrogen-bond acceptors (Lipinski definition) is 7. The lowest BCUT2D eigenvalue weighted by molar-refractivity contribution is 0.0256. The molecule has 8 heteroatoms. The van der Waals surface area contributed by atoms with E-state index in [2.05, 4.69) is 4.98 Å². The van der Waals surface area contributed by atoms with E-state index in [1.807, 2.05) is 6.07 Å². The second kappa shape index (κ2) is 9.62. The van der Waals surface area contributed by atoms with Crippen molar-refractivity contribution in [3.05, 3.63) is 70.1 Å². The average Bonchev–Trinajstić information content (AvgIpc) is 3.54. The van der Waals surface area contributed by atoms with Crippen molar-refractivity contribution in [3.8, 4) is 34.3 Å². The van der Waals surface area contributed by atoms with Crippen LogP contribution in [0.2, 0.25) is 0 Å². The van der Waals surface area contributed by atoms with Crippen LogP contribution in [0, 0.1) is 0 Å². The van der Waals surface area contributed by atoms with Gasteiger partial charge in [0.15, 0.2) is 16.9 Å². The lowest BCUT2D eigenvalue weighted by atomic mass is 9.98. The maximum absolute atomic E-state index is 13.5. The van der Waals surface area contributed by atoms with Gasteiger partial charge in [0.1, 0.15) is 22.5 Å². The summed E-state index contributed by atoms with van der Waals surface area (Å²) in [5, 5.41) is 31.8. The van der Waals surface area contributed by atoms with E-state index in [0.717, 1.165) is 18.4 Å². The molecule has 1 fully saturated rings. The summed E-state index contributed by atoms with van der Waals surface area (Å²) in [5.41, 5.74) is 0.919. The predicted molar refractivity (Wildman–Crippen MR) is 135 cm³/mol. The third-order valence-corrected chi connectivity index (χ3v) is 6.90. The zero-order chi connectivity index (χ0) is 25.3. The van der Waals surface area contributed by atoms with Crippen molar-refractivity contribution >= 4 is 11.0 Å². The van der Waals surface area contributed by atoms with Gasteiger partial charge < -0.3 is 34.2 Å². The average molecular weight is 492 g/mol. The highest BCUT2D eigenvalue weighted by Gasteiger charge is 2.32. The Labute approximate surface area is 207 Å². The lowest BCUT2D eigenvalue weighted by Crippen LogP contribution is -2.26. The number of methoxy groups -OCH3 is 1. The van der Waals surface area contributed by atoms with Crippen LogP contribution in [0.15, 0.2) is 58.0 Å². The van der Waals surface area contributed by atoms with Crippen LogP contribution in [-0.2, 0) is 6.42 Å². The Balaban J connectivity index is 1.66. The van der Waals surface area contributed by atoms with E-state index in [1.165, 1.54) is 25.3 Å². The maximum Gasteiger partial charge on any atom is 0.204 e. The summed E-state index contributed by atoms with van der Waals surface area (Å²) < 4.78 is 17.8. The number of nitrogens with one attached hydrogen (secondary N) is 1. The first-order valence-corrected chi connectivity index (χ1v) is 12.0. The van der Waals surface area contributed by atoms with Crippen LogP contribution in [0.1, 0.15) is 43.2 Å². The van der Waals surface area contributed by atoms with E-state index < -0.39 is 5.60 Å². The number of rotatable bonds is 8. The zero-order valence-electron chi connectivity index (χ0n) is 20.0. The van der Waals surface area contributed by atoms with E-state index in [0.29, 0.717) is 36.1 Å². The first-order valence-electron chi connectivity index (χ1n) is 12.0. The van der Waals surface area contributed by atoms with E-state index in [1.54, 1.807) is 24.5 Å². The predicted octanol–water partition coefficient (Wildman–Crippen LogP) is 4.87. The Morgan fingerprint density at radius 3 is 2.50 bits per heavy atom. The molecule has 1 aliphatic carbocycles. The van der Waals surface area contributed by atoms with Crippen LogP contribution >= 0.6 is 0 Å². The topological polar surface area (TPSA) is 125 Å². The minimum Gasteiger partial charge on any atom is -0.508 e. The van der Waals surface area contributed by atoms with Gasteiger partial charge in [-0.05, 0) is 48.7 Å². The Hall–Kier alpha value is -3.91. The maximum atomic E-state index is 13.5. The summed E-state index contributed by atoms with van der Waals surface area (Å²) in [6.45, 7) is 0.151. The van der Waals surface area contributed by atoms with Gasteiger partial charge in [0.2, 0.25) is 5.75 Å². The highest BCUT2D eigenvalue weighted by Crippen LogP contribution is 2.47. The van der Waals surface area contributed by atoms with Crippen LogP contribution in [0.3, 0.4) is 0 Å². The molecule has 188 valence electrons. The highest BCUT2D eigenvalue weighted by atomic mass is 16.5. The van der Waals surface area contributed by atoms with E-state index in [-0.39, 0.29) is 52.4 Å². The molecular weight excluding hydrogens is 462 g/mol. The first kappa shape index (κ1) is 23.8. The third-order valence-electron chi connectivity index (χ3n) is 6.90. The summed E-state index contributed by atoms with van der Waals surface area (Å²) in [4.78, 5) is 16.5. The van der Waals surface area contributed by atoms with Gasteiger partial charge in [-0.3, -0.25) is 4.79 Å². The second-order valence-electron chi connectivity index (χ2n) is 9.34. The quantitative estimate of drug-likeness (QED) is 0.277. The Morgan fingerprint density at radius 2 is 1.83 bits per heavy atom. The number of aromatic hydroxyl groups is 2. The molecule has 1 aliphatic rings. The minimum absolute atomic E-state index is 0.0520. The number of aromatic amines is 1. The highest BCUT2D eigenvalue weighted by molar-refractivity contribution is 5.93. The van der Waals surface area contributed by atoms with Crippen molar-refractivity contribution in [2.24, 2.45) is 0 Å². The fourth-order valence-corrected chi connectivity index (χ4v) is 4.94. The molecule has 0 amide bonds. The summed E-state index contributed by atoms with van der Waals surface area (Å²) in [5.74, 6) is 0.356. The zero-order valence-corrected chi connectivity index (χ0v) is 20.0. The number of phenols is 2. The van der Waals surface area contributed by atoms with Gasteiger partial charge in [0.05, 0.1) is 19.3 Å². The monoisotopic (exact) mass is 491 g/mol. The number of ether oxygens (including phenoxy) is 2. The van der Waals surface area contributed by atoms with Crippen molar-refractivity contribution < 1.29 is 29.2 Å². The van der Waals surface area contributed by atoms with Gasteiger partial charge in [-0.2, -0.15) is 0 Å². The van der Waals surface area contributed by atoms with E-state index in [4.69, 9.17) is 13.9 Å². The van der Waals surface area contributed by atoms with Crippen LogP contribution in [0.25, 0.3) is 22.3 Å². The third kappa shape index (κ3) is 4.52. The molecule has 0 unspecified atom stereocenters. The Bertz CT molecular complexity index is 1420. The lowest BCUT2D eigenvalue weighted by Gasteiger charge is -2.23. The van der Waals surface area contributed by atoms with Crippen molar-refractivity contribution in [2.45, 2.75) is 44.1 Å². The van der Waals surface area contributed by atoms with Gasteiger partial charge in [-0.15, -0.1) is 0 Å². The molecule has 2 aromatic carbocycles. The number of aromatic nitrogens is 1. The van der Waals surface area contributed by atoms with E-state index >= 15 is 0 Å². The number of fused-ring (bicyclic) bond motifs is 1. The fourth-order valence-electron chi connectivity index (χ4n) is 4.94. The van der Waals surface area contributed by atoms with Gasteiger partial charge >= 0.3 is 0 Å². The largest absolute Gasteiger partial charge is 0.508 e. The SMILES string of the molecule is COc1c(O)c(Cc2cc[nH]c2)c2oc(-c3ccc(O)cc3)cc(=O)c2c1OCCC1(O)CCCC1. The molecule has 4 aromatic rings. The minimum atomic E-state index is -0.782. The van der Waals surface area contributed by atoms with Crippen molar-refractivity contribution in [2.75, 3.05) is 13.7 Å². The van der Waals surface area contributed by atoms with Crippen LogP contribution in [0.4, 0.5) is 0 Å². The van der Waals surface area contributed by atoms with Gasteiger partial charge in [-0.1, -0.05) is 12.8 Å². The molecule has 2 heterocycles. The standard InChI is InChI=1S/C28H29NO7/c1-34-27-24(32)20(14-17-8-12-29-16-17)25-23(26(27)35-13-11-28(33)9-2-3-10-28)21(31)15-22(36-25)18-4-6-19(30)7-5-18/h4-8,12,15-16,29-30,32-33H,2-3,9-11,13-14H2,1H3. The number of hydrogen-bond donors (Lipinski definition) is 4. The van der Waals surface area contributed by atoms with Crippen molar-refractivity contribution in [1.82, 2.24) is 4.98 Å². The molecule has 0 spiro atoms. The van der Waals surface area contributed by atoms with Gasteiger partial charge in [-0.25, -0.2) is 0 Å². The molecule has 0 saturated heterocycles. The summed E-state index contributed by atoms with van der Waals surface area (Å²) in [6.07, 6.45) is 7.63. The van der Waals surface area contributed by atoms with Gasteiger partial charge in [0, 0.05) is 42.4 Å². The van der Waals surface area contributed by atoms with Gasteiger partial charge in [0.25, 0.3) is 0 Å². The molecule has 0 bridgehead atoms. The van der Waals surface area contributed by atoms with E-state index in [9.17, 15) is 20.1 Å². The molecular formula is C28H29NO7. The number of aliphatic hydroxyl groups is 1. The molecule has 8 nitrogen and oxygen atoms in total. The number of phenolic OH excluding ortho intramolecular Hbond substituents is 2. The van der Waals surface area contributed by atoms with Crippen LogP contribution in [0.5, 0.6) is 23.0 Å². The fraction of sp³-hybridized carbons (Fsp3) is 0.321. The van der Waals surface area contributed by atoms with Crippen LogP contribution < -0.4 is 14.9 Å². The molecule has 36 heavy (non-hydrogen) atoms. The molecule has 0 atom stereocenters. The Kier molecular flexibility index (Phi) is 6.36. The molecule has 0 radical (unpaired) electrons. The molecule has 0 aliphatic heterocycles. The van der Waals surface area contributed by atoms with Crippen LogP contribution in [-0.4, -0.2) is 39.6 Å². The van der Waals surface area contributed by atoms with Crippen molar-refractivity contribution in [1.29, 1.82) is 0 Å². The second-order valence-corrected chi connectivity index (χ2v) is 9.34. The molecule has 1 saturated carbocycles. The first-order chi connectivity index (χ1) is 17.4. The van der Waals surface area contributed by atoms with Crippen molar-refractivity contribution in [3.63, 3.8) is 0 Å². The molecule has 2 aromatic heterocycles. The molecule has 4 N–H and O–H groups in total. The number of benzene rings is 2. The number of H-pyrrole nitrogens is 1. The smallest absolute Gasteiger partial charge is 0.204 e.